The highest BCUT2D eigenvalue weighted by Gasteiger charge is 1.88. The summed E-state index contributed by atoms with van der Waals surface area (Å²) in [6.45, 7) is 3.19. The molecule has 13 heavy (non-hydrogen) atoms. The number of hydrogen-bond donors (Lipinski definition) is 1. The summed E-state index contributed by atoms with van der Waals surface area (Å²) < 4.78 is 30.2. The molecule has 74 valence electrons. The first-order chi connectivity index (χ1) is 5.81. The second kappa shape index (κ2) is 7.34. The van der Waals surface area contributed by atoms with Crippen molar-refractivity contribution in [2.24, 2.45) is 0 Å². The Morgan fingerprint density at radius 1 is 1.77 bits per heavy atom. The Morgan fingerprint density at radius 2 is 2.15 bits per heavy atom. The second-order valence-electron chi connectivity index (χ2n) is 1.75. The Hall–Kier alpha value is -1.32. The van der Waals surface area contributed by atoms with Crippen molar-refractivity contribution in [3.05, 3.63) is 12.7 Å². The van der Waals surface area contributed by atoms with Gasteiger partial charge in [-0.05, 0) is 0 Å². The van der Waals surface area contributed by atoms with Crippen molar-refractivity contribution in [2.75, 3.05) is 12.9 Å². The van der Waals surface area contributed by atoms with Crippen molar-refractivity contribution >= 4 is 16.1 Å². The Labute approximate surface area is 77.1 Å². The number of rotatable bonds is 2. The predicted molar refractivity (Wildman–Crippen MR) is 47.5 cm³/mol. The smallest absolute Gasteiger partial charge is 0.331 e. The van der Waals surface area contributed by atoms with E-state index in [0.717, 1.165) is 6.08 Å². The van der Waals surface area contributed by atoms with Crippen LogP contribution in [0, 0.1) is 12.3 Å². The summed E-state index contributed by atoms with van der Waals surface area (Å²) in [6.07, 6.45) is 6.55. The molecule has 0 saturated heterocycles. The minimum absolute atomic E-state index is 0.0187. The normalized spacial score (nSPS) is 8.69. The number of hydrogen-bond acceptors (Lipinski definition) is 4. The highest BCUT2D eigenvalue weighted by Crippen LogP contribution is 1.74. The zero-order valence-corrected chi connectivity index (χ0v) is 7.87. The lowest BCUT2D eigenvalue weighted by molar-refractivity contribution is -0.136. The van der Waals surface area contributed by atoms with Gasteiger partial charge in [-0.3, -0.25) is 4.55 Å². The van der Waals surface area contributed by atoms with Crippen molar-refractivity contribution in [1.29, 1.82) is 0 Å². The molecule has 0 fully saturated rings. The minimum Gasteiger partial charge on any atom is -0.449 e. The predicted octanol–water partition coefficient (Wildman–Crippen LogP) is -0.147. The van der Waals surface area contributed by atoms with E-state index in [1.54, 1.807) is 0 Å². The molecule has 1 N–H and O–H groups in total. The van der Waals surface area contributed by atoms with E-state index >= 15 is 0 Å². The lowest BCUT2D eigenvalue weighted by Gasteiger charge is -1.90. The van der Waals surface area contributed by atoms with E-state index in [-0.39, 0.29) is 6.61 Å². The van der Waals surface area contributed by atoms with Gasteiger partial charge in [-0.25, -0.2) is 4.79 Å². The molecule has 6 heteroatoms. The van der Waals surface area contributed by atoms with Gasteiger partial charge in [-0.15, -0.1) is 6.42 Å². The number of carbonyl (C=O) groups is 1. The first kappa shape index (κ1) is 14.2. The Balaban J connectivity index is 0. The van der Waals surface area contributed by atoms with Gasteiger partial charge in [0, 0.05) is 6.08 Å². The van der Waals surface area contributed by atoms with Crippen molar-refractivity contribution in [3.63, 3.8) is 0 Å². The van der Waals surface area contributed by atoms with Crippen molar-refractivity contribution in [3.8, 4) is 12.3 Å². The van der Waals surface area contributed by atoms with Crippen LogP contribution in [-0.4, -0.2) is 31.8 Å². The molecule has 0 atom stereocenters. The first-order valence-corrected chi connectivity index (χ1v) is 4.81. The minimum atomic E-state index is -3.67. The molecule has 0 bridgehead atoms. The van der Waals surface area contributed by atoms with Crippen LogP contribution < -0.4 is 0 Å². The summed E-state index contributed by atoms with van der Waals surface area (Å²) in [6, 6.07) is 0. The van der Waals surface area contributed by atoms with Crippen molar-refractivity contribution < 1.29 is 22.5 Å². The molecular formula is C7H10O5S. The Morgan fingerprint density at radius 3 is 2.38 bits per heavy atom. The van der Waals surface area contributed by atoms with Crippen LogP contribution in [0.15, 0.2) is 12.7 Å². The van der Waals surface area contributed by atoms with Gasteiger partial charge >= 0.3 is 5.97 Å². The van der Waals surface area contributed by atoms with Gasteiger partial charge in [-0.1, -0.05) is 12.5 Å². The maximum atomic E-state index is 10.1. The molecule has 0 spiro atoms. The molecular weight excluding hydrogens is 196 g/mol. The summed E-state index contributed by atoms with van der Waals surface area (Å²) in [5, 5.41) is 0. The van der Waals surface area contributed by atoms with Crippen LogP contribution in [0.25, 0.3) is 0 Å². The number of terminal acetylenes is 1. The zero-order valence-electron chi connectivity index (χ0n) is 7.06. The van der Waals surface area contributed by atoms with E-state index < -0.39 is 16.1 Å². The molecule has 0 aromatic carbocycles. The van der Waals surface area contributed by atoms with Crippen molar-refractivity contribution in [1.82, 2.24) is 0 Å². The molecule has 0 aliphatic rings. The Bertz CT molecular complexity index is 287. The number of carbonyl (C=O) groups excluding carboxylic acids is 1. The van der Waals surface area contributed by atoms with Crippen LogP contribution in [-0.2, 0) is 19.6 Å². The monoisotopic (exact) mass is 206 g/mol. The van der Waals surface area contributed by atoms with Gasteiger partial charge in [0.15, 0.2) is 6.61 Å². The summed E-state index contributed by atoms with van der Waals surface area (Å²) in [4.78, 5) is 10.1. The van der Waals surface area contributed by atoms with E-state index in [4.69, 9.17) is 11.0 Å². The van der Waals surface area contributed by atoms with Crippen molar-refractivity contribution in [2.45, 2.75) is 0 Å². The molecule has 0 amide bonds. The fraction of sp³-hybridized carbons (Fsp3) is 0.286. The fourth-order valence-corrected chi connectivity index (χ4v) is 0.172. The number of ether oxygens (including phenoxy) is 1. The van der Waals surface area contributed by atoms with E-state index in [1.165, 1.54) is 0 Å². The molecule has 0 aliphatic heterocycles. The highest BCUT2D eigenvalue weighted by molar-refractivity contribution is 7.85. The third-order valence-corrected chi connectivity index (χ3v) is 0.464. The maximum Gasteiger partial charge on any atom is 0.331 e. The van der Waals surface area contributed by atoms with Crippen LogP contribution in [0.5, 0.6) is 0 Å². The van der Waals surface area contributed by atoms with Crippen LogP contribution in [0.4, 0.5) is 0 Å². The molecule has 0 aliphatic carbocycles. The van der Waals surface area contributed by atoms with Gasteiger partial charge in [0.05, 0.1) is 6.26 Å². The van der Waals surface area contributed by atoms with Crippen LogP contribution in [0.1, 0.15) is 0 Å². The standard InChI is InChI=1S/C6H6O2.CH4O3S/c1-3-5-8-6(7)4-2;1-5(2,3)4/h1,4H,2,5H2;1H3,(H,2,3,4). The van der Waals surface area contributed by atoms with E-state index in [1.807, 2.05) is 0 Å². The largest absolute Gasteiger partial charge is 0.449 e. The summed E-state index contributed by atoms with van der Waals surface area (Å²) in [5.41, 5.74) is 0. The average Bonchev–Trinajstić information content (AvgIpc) is 1.97. The molecule has 0 radical (unpaired) electrons. The quantitative estimate of drug-likeness (QED) is 0.294. The maximum absolute atomic E-state index is 10.1. The van der Waals surface area contributed by atoms with Gasteiger partial charge in [0.1, 0.15) is 0 Å². The van der Waals surface area contributed by atoms with Gasteiger partial charge < -0.3 is 4.74 Å². The van der Waals surface area contributed by atoms with Gasteiger partial charge in [0.2, 0.25) is 0 Å². The van der Waals surface area contributed by atoms with Crippen LogP contribution in [0.3, 0.4) is 0 Å². The van der Waals surface area contributed by atoms with E-state index in [0.29, 0.717) is 6.26 Å². The fourth-order valence-electron chi connectivity index (χ4n) is 0.172. The highest BCUT2D eigenvalue weighted by atomic mass is 32.2. The topological polar surface area (TPSA) is 80.7 Å². The second-order valence-corrected chi connectivity index (χ2v) is 3.22. The molecule has 0 rings (SSSR count). The molecule has 0 saturated carbocycles. The third-order valence-electron chi connectivity index (χ3n) is 0.464. The molecule has 0 aromatic heterocycles. The summed E-state index contributed by atoms with van der Waals surface area (Å²) >= 11 is 0. The van der Waals surface area contributed by atoms with Crippen LogP contribution >= 0.6 is 0 Å². The number of esters is 1. The zero-order chi connectivity index (χ0) is 10.9. The summed E-state index contributed by atoms with van der Waals surface area (Å²) in [5.74, 6) is 1.66. The first-order valence-electron chi connectivity index (χ1n) is 2.96. The van der Waals surface area contributed by atoms with E-state index in [9.17, 15) is 13.2 Å². The average molecular weight is 206 g/mol. The Kier molecular flexibility index (Phi) is 8.02. The van der Waals surface area contributed by atoms with Gasteiger partial charge in [0.25, 0.3) is 10.1 Å². The lowest BCUT2D eigenvalue weighted by Crippen LogP contribution is -1.98. The van der Waals surface area contributed by atoms with E-state index in [2.05, 4.69) is 17.2 Å². The summed E-state index contributed by atoms with van der Waals surface area (Å²) in [7, 11) is -3.67. The lowest BCUT2D eigenvalue weighted by atomic mass is 10.6. The molecule has 0 heterocycles. The molecule has 5 nitrogen and oxygen atoms in total. The molecule has 0 aromatic rings. The van der Waals surface area contributed by atoms with Crippen LogP contribution in [0.2, 0.25) is 0 Å². The van der Waals surface area contributed by atoms with Gasteiger partial charge in [-0.2, -0.15) is 8.42 Å². The molecule has 0 unspecified atom stereocenters. The SMILES string of the molecule is C#CCOC(=O)C=C.CS(=O)(=O)O. The third kappa shape index (κ3) is 36.7.